The van der Waals surface area contributed by atoms with E-state index in [9.17, 15) is 14.7 Å². The Bertz CT molecular complexity index is 1120. The lowest BCUT2D eigenvalue weighted by Crippen LogP contribution is -2.47. The minimum Gasteiger partial charge on any atom is -0.493 e. The molecule has 0 aromatic heterocycles. The zero-order chi connectivity index (χ0) is 29.2. The maximum atomic E-state index is 12.4. The van der Waals surface area contributed by atoms with Crippen LogP contribution >= 0.6 is 0 Å². The van der Waals surface area contributed by atoms with Crippen molar-refractivity contribution in [3.8, 4) is 11.5 Å². The third-order valence-corrected chi connectivity index (χ3v) is 8.34. The Balaban J connectivity index is 1.59. The number of anilines is 2. The predicted octanol–water partition coefficient (Wildman–Crippen LogP) is 3.48. The number of hydrogen-bond acceptors (Lipinski definition) is 9. The van der Waals surface area contributed by atoms with Gasteiger partial charge in [0.2, 0.25) is 0 Å². The van der Waals surface area contributed by atoms with Crippen molar-refractivity contribution in [2.45, 2.75) is 83.4 Å². The van der Waals surface area contributed by atoms with E-state index in [1.54, 1.807) is 14.2 Å². The first-order valence-corrected chi connectivity index (χ1v) is 14.7. The molecule has 224 valence electrons. The highest BCUT2D eigenvalue weighted by Gasteiger charge is 2.30. The first kappa shape index (κ1) is 31.9. The van der Waals surface area contributed by atoms with Gasteiger partial charge < -0.3 is 35.3 Å². The molecule has 1 saturated carbocycles. The fourth-order valence-electron chi connectivity index (χ4n) is 5.64. The number of benzene rings is 1. The van der Waals surface area contributed by atoms with E-state index in [1.165, 1.54) is 6.42 Å². The Morgan fingerprint density at radius 3 is 2.45 bits per heavy atom. The maximum Gasteiger partial charge on any atom is 0.253 e. The highest BCUT2D eigenvalue weighted by atomic mass is 16.5. The molecule has 9 heteroatoms. The van der Waals surface area contributed by atoms with Crippen molar-refractivity contribution in [3.63, 3.8) is 0 Å². The van der Waals surface area contributed by atoms with Gasteiger partial charge in [-0.3, -0.25) is 9.59 Å². The highest BCUT2D eigenvalue weighted by Crippen LogP contribution is 2.32. The first-order valence-electron chi connectivity index (χ1n) is 14.7. The fourth-order valence-corrected chi connectivity index (χ4v) is 5.64. The molecule has 3 rings (SSSR count). The van der Waals surface area contributed by atoms with E-state index in [1.807, 2.05) is 30.1 Å². The Morgan fingerprint density at radius 1 is 1.07 bits per heavy atom. The van der Waals surface area contributed by atoms with Crippen molar-refractivity contribution >= 4 is 11.4 Å². The highest BCUT2D eigenvalue weighted by molar-refractivity contribution is 5.75. The largest absolute Gasteiger partial charge is 0.493 e. The molecule has 40 heavy (non-hydrogen) atoms. The number of aliphatic hydroxyl groups is 1. The van der Waals surface area contributed by atoms with Gasteiger partial charge in [0.05, 0.1) is 19.8 Å². The zero-order valence-electron chi connectivity index (χ0n) is 24.9. The molecule has 4 N–H and O–H groups in total. The average molecular weight is 560 g/mol. The number of nitrogens with one attached hydrogen (secondary N) is 1. The second-order valence-electron chi connectivity index (χ2n) is 11.5. The quantitative estimate of drug-likeness (QED) is 0.197. The number of hydrogen-bond donors (Lipinski definition) is 3. The predicted molar refractivity (Wildman–Crippen MR) is 161 cm³/mol. The third-order valence-electron chi connectivity index (χ3n) is 8.34. The number of nitrogens with zero attached hydrogens (tertiary/aromatic N) is 1. The van der Waals surface area contributed by atoms with Crippen LogP contribution in [0.1, 0.15) is 64.4 Å². The summed E-state index contributed by atoms with van der Waals surface area (Å²) < 4.78 is 16.5. The van der Waals surface area contributed by atoms with Gasteiger partial charge in [0.25, 0.3) is 10.9 Å². The molecule has 1 fully saturated rings. The van der Waals surface area contributed by atoms with Crippen molar-refractivity contribution in [1.82, 2.24) is 0 Å². The van der Waals surface area contributed by atoms with Crippen LogP contribution in [0.5, 0.6) is 11.5 Å². The zero-order valence-corrected chi connectivity index (χ0v) is 24.9. The number of nitrogens with two attached hydrogens (primary N) is 1. The Labute approximate surface area is 238 Å². The molecule has 2 aromatic rings. The minimum atomic E-state index is -0.867. The SMILES string of the molecule is COCCCOc1cc(C[C@@H](C[C@H](N)[C@@H](O)CNc2c(N(C)C3CCCCC3)c(=O)c2=O)C(C)C)ccc1OC. The van der Waals surface area contributed by atoms with E-state index in [4.69, 9.17) is 19.9 Å². The minimum absolute atomic E-state index is 0.115. The Morgan fingerprint density at radius 2 is 1.80 bits per heavy atom. The summed E-state index contributed by atoms with van der Waals surface area (Å²) in [5, 5.41) is 13.9. The van der Waals surface area contributed by atoms with E-state index in [0.29, 0.717) is 48.4 Å². The lowest BCUT2D eigenvalue weighted by Gasteiger charge is -2.34. The first-order chi connectivity index (χ1) is 19.2. The summed E-state index contributed by atoms with van der Waals surface area (Å²) in [4.78, 5) is 26.7. The molecule has 1 aliphatic carbocycles. The smallest absolute Gasteiger partial charge is 0.253 e. The molecule has 0 unspecified atom stereocenters. The van der Waals surface area contributed by atoms with Gasteiger partial charge >= 0.3 is 0 Å². The van der Waals surface area contributed by atoms with Gasteiger partial charge in [0.1, 0.15) is 11.4 Å². The van der Waals surface area contributed by atoms with Gasteiger partial charge in [-0.25, -0.2) is 0 Å². The van der Waals surface area contributed by atoms with Crippen molar-refractivity contribution < 1.29 is 19.3 Å². The number of rotatable bonds is 17. The van der Waals surface area contributed by atoms with Gasteiger partial charge in [-0.15, -0.1) is 0 Å². The molecule has 0 bridgehead atoms. The average Bonchev–Trinajstić information content (AvgIpc) is 2.96. The molecule has 9 nitrogen and oxygen atoms in total. The van der Waals surface area contributed by atoms with Crippen LogP contribution in [-0.4, -0.2) is 64.3 Å². The maximum absolute atomic E-state index is 12.4. The Hall–Kier alpha value is -2.62. The van der Waals surface area contributed by atoms with Crippen molar-refractivity contribution in [2.24, 2.45) is 17.6 Å². The fraction of sp³-hybridized carbons (Fsp3) is 0.677. The topological polar surface area (TPSA) is 123 Å². The summed E-state index contributed by atoms with van der Waals surface area (Å²) >= 11 is 0. The van der Waals surface area contributed by atoms with Gasteiger partial charge in [0.15, 0.2) is 11.5 Å². The molecule has 0 spiro atoms. The summed E-state index contributed by atoms with van der Waals surface area (Å²) in [5.74, 6) is 1.95. The Kier molecular flexibility index (Phi) is 12.3. The normalized spacial score (nSPS) is 16.6. The van der Waals surface area contributed by atoms with E-state index in [0.717, 1.165) is 44.1 Å². The molecule has 0 heterocycles. The summed E-state index contributed by atoms with van der Waals surface area (Å²) in [7, 11) is 5.19. The van der Waals surface area contributed by atoms with Crippen molar-refractivity contribution in [1.29, 1.82) is 0 Å². The van der Waals surface area contributed by atoms with Crippen LogP contribution in [0.3, 0.4) is 0 Å². The lowest BCUT2D eigenvalue weighted by molar-refractivity contribution is 0.137. The van der Waals surface area contributed by atoms with Crippen LogP contribution in [0.25, 0.3) is 0 Å². The van der Waals surface area contributed by atoms with Gasteiger partial charge in [-0.1, -0.05) is 39.2 Å². The van der Waals surface area contributed by atoms with Crippen LogP contribution < -0.4 is 36.3 Å². The lowest BCUT2D eigenvalue weighted by atomic mass is 9.83. The number of methoxy groups -OCH3 is 2. The molecule has 0 aliphatic heterocycles. The molecule has 3 atom stereocenters. The summed E-state index contributed by atoms with van der Waals surface area (Å²) in [6.45, 7) is 5.60. The van der Waals surface area contributed by atoms with Crippen LogP contribution in [0.2, 0.25) is 0 Å². The van der Waals surface area contributed by atoms with E-state index in [-0.39, 0.29) is 18.5 Å². The van der Waals surface area contributed by atoms with Gasteiger partial charge in [-0.05, 0) is 55.2 Å². The van der Waals surface area contributed by atoms with E-state index in [2.05, 4.69) is 19.2 Å². The second kappa shape index (κ2) is 15.4. The molecular weight excluding hydrogens is 510 g/mol. The molecule has 2 aromatic carbocycles. The van der Waals surface area contributed by atoms with Gasteiger partial charge in [-0.2, -0.15) is 0 Å². The summed E-state index contributed by atoms with van der Waals surface area (Å²) in [6.07, 6.45) is 6.83. The molecule has 1 aliphatic rings. The van der Waals surface area contributed by atoms with Crippen LogP contribution in [0.4, 0.5) is 11.4 Å². The third kappa shape index (κ3) is 8.21. The monoisotopic (exact) mass is 559 g/mol. The molecule has 0 radical (unpaired) electrons. The summed E-state index contributed by atoms with van der Waals surface area (Å²) in [5.41, 5.74) is 7.37. The number of aliphatic hydroxyl groups excluding tert-OH is 1. The van der Waals surface area contributed by atoms with Crippen molar-refractivity contribution in [3.05, 3.63) is 44.2 Å². The van der Waals surface area contributed by atoms with Crippen molar-refractivity contribution in [2.75, 3.05) is 51.2 Å². The summed E-state index contributed by atoms with van der Waals surface area (Å²) in [6, 6.07) is 5.75. The molecule has 0 saturated heterocycles. The molecular formula is C31H49N3O6. The standard InChI is InChI=1S/C31H49N3O6/c1-20(2)22(16-21-12-13-26(39-5)27(17-21)40-15-9-14-38-4)18-24(32)25(35)19-33-28-29(31(37)30(28)36)34(3)23-10-7-6-8-11-23/h12-13,17,20,22-25,33,35H,6-11,14-16,18-19,32H2,1-5H3/t22-,24-,25-/m0/s1. The second-order valence-corrected chi connectivity index (χ2v) is 11.5. The van der Waals surface area contributed by atoms with Crippen LogP contribution in [0.15, 0.2) is 27.8 Å². The van der Waals surface area contributed by atoms with Crippen LogP contribution in [-0.2, 0) is 11.2 Å². The van der Waals surface area contributed by atoms with E-state index < -0.39 is 23.0 Å². The number of ether oxygens (including phenoxy) is 3. The van der Waals surface area contributed by atoms with Crippen LogP contribution in [0, 0.1) is 11.8 Å². The van der Waals surface area contributed by atoms with Gasteiger partial charge in [0, 0.05) is 45.8 Å². The molecule has 0 amide bonds. The van der Waals surface area contributed by atoms with E-state index >= 15 is 0 Å².